The average Bonchev–Trinajstić information content (AvgIpc) is 2.77. The summed E-state index contributed by atoms with van der Waals surface area (Å²) < 4.78 is 6.48. The summed E-state index contributed by atoms with van der Waals surface area (Å²) in [7, 11) is 0. The molecular formula is C20H29N3O3. The van der Waals surface area contributed by atoms with Crippen molar-refractivity contribution in [3.63, 3.8) is 0 Å². The van der Waals surface area contributed by atoms with Gasteiger partial charge in [-0.1, -0.05) is 17.7 Å². The third-order valence-corrected chi connectivity index (χ3v) is 5.45. The molecule has 0 aromatic heterocycles. The Labute approximate surface area is 155 Å². The van der Waals surface area contributed by atoms with Crippen molar-refractivity contribution in [2.45, 2.75) is 51.7 Å². The summed E-state index contributed by atoms with van der Waals surface area (Å²) in [6.45, 7) is 6.67. The molecule has 1 aromatic rings. The van der Waals surface area contributed by atoms with Gasteiger partial charge in [-0.15, -0.1) is 0 Å². The molecule has 2 amide bonds. The van der Waals surface area contributed by atoms with Gasteiger partial charge in [-0.25, -0.2) is 0 Å². The predicted octanol–water partition coefficient (Wildman–Crippen LogP) is 1.84. The van der Waals surface area contributed by atoms with Crippen LogP contribution in [0.2, 0.25) is 0 Å². The van der Waals surface area contributed by atoms with E-state index in [9.17, 15) is 9.59 Å². The normalized spacial score (nSPS) is 18.9. The van der Waals surface area contributed by atoms with Gasteiger partial charge in [0.25, 0.3) is 0 Å². The van der Waals surface area contributed by atoms with Gasteiger partial charge in [-0.05, 0) is 26.0 Å². The second-order valence-electron chi connectivity index (χ2n) is 7.54. The van der Waals surface area contributed by atoms with Crippen LogP contribution in [-0.4, -0.2) is 53.4 Å². The fourth-order valence-corrected chi connectivity index (χ4v) is 3.86. The number of benzene rings is 1. The first-order valence-corrected chi connectivity index (χ1v) is 9.44. The molecule has 1 spiro atoms. The Morgan fingerprint density at radius 3 is 2.62 bits per heavy atom. The maximum absolute atomic E-state index is 12.3. The summed E-state index contributed by atoms with van der Waals surface area (Å²) in [4.78, 5) is 28.2. The van der Waals surface area contributed by atoms with Gasteiger partial charge < -0.3 is 20.3 Å². The van der Waals surface area contributed by atoms with Crippen LogP contribution in [0.1, 0.15) is 43.7 Å². The minimum absolute atomic E-state index is 0.0591. The van der Waals surface area contributed by atoms with Crippen molar-refractivity contribution >= 4 is 11.8 Å². The van der Waals surface area contributed by atoms with Crippen LogP contribution in [0.3, 0.4) is 0 Å². The molecule has 6 heteroatoms. The topological polar surface area (TPSA) is 75.9 Å². The number of carbonyl (C=O) groups is 2. The molecule has 6 nitrogen and oxygen atoms in total. The predicted molar refractivity (Wildman–Crippen MR) is 99.7 cm³/mol. The van der Waals surface area contributed by atoms with Crippen LogP contribution in [0.15, 0.2) is 18.2 Å². The Morgan fingerprint density at radius 2 is 1.96 bits per heavy atom. The van der Waals surface area contributed by atoms with Gasteiger partial charge in [-0.3, -0.25) is 9.59 Å². The van der Waals surface area contributed by atoms with E-state index in [1.807, 2.05) is 28.9 Å². The van der Waals surface area contributed by atoms with Crippen LogP contribution in [0.4, 0.5) is 0 Å². The van der Waals surface area contributed by atoms with Gasteiger partial charge in [0.1, 0.15) is 11.4 Å². The maximum atomic E-state index is 12.3. The van der Waals surface area contributed by atoms with Crippen LogP contribution in [0, 0.1) is 6.92 Å². The molecule has 0 radical (unpaired) electrons. The number of nitrogens with zero attached hydrogens (tertiary/aromatic N) is 2. The Hall–Kier alpha value is -2.08. The zero-order valence-corrected chi connectivity index (χ0v) is 15.8. The second-order valence-corrected chi connectivity index (χ2v) is 7.54. The minimum Gasteiger partial charge on any atom is -0.485 e. The molecule has 1 fully saturated rings. The molecule has 0 unspecified atom stereocenters. The lowest BCUT2D eigenvalue weighted by Crippen LogP contribution is -2.55. The number of ether oxygens (including phenoxy) is 1. The van der Waals surface area contributed by atoms with Crippen molar-refractivity contribution in [3.05, 3.63) is 29.3 Å². The summed E-state index contributed by atoms with van der Waals surface area (Å²) in [5, 5.41) is 0. The molecule has 1 aromatic carbocycles. The Morgan fingerprint density at radius 1 is 1.23 bits per heavy atom. The van der Waals surface area contributed by atoms with E-state index < -0.39 is 5.60 Å². The van der Waals surface area contributed by atoms with E-state index in [1.165, 1.54) is 0 Å². The summed E-state index contributed by atoms with van der Waals surface area (Å²) in [6.07, 6.45) is 2.70. The van der Waals surface area contributed by atoms with Gasteiger partial charge in [0, 0.05) is 51.4 Å². The van der Waals surface area contributed by atoms with E-state index in [0.717, 1.165) is 36.1 Å². The molecule has 3 rings (SSSR count). The molecular weight excluding hydrogens is 330 g/mol. The molecule has 2 aliphatic rings. The third kappa shape index (κ3) is 4.01. The quantitative estimate of drug-likeness (QED) is 0.893. The van der Waals surface area contributed by atoms with Crippen molar-refractivity contribution < 1.29 is 14.3 Å². The Kier molecular flexibility index (Phi) is 5.51. The number of fused-ring (bicyclic) bond motifs is 1. The largest absolute Gasteiger partial charge is 0.485 e. The summed E-state index contributed by atoms with van der Waals surface area (Å²) in [5.74, 6) is 1.09. The summed E-state index contributed by atoms with van der Waals surface area (Å²) >= 11 is 0. The lowest BCUT2D eigenvalue weighted by Gasteiger charge is -2.42. The lowest BCUT2D eigenvalue weighted by molar-refractivity contribution is -0.138. The highest BCUT2D eigenvalue weighted by molar-refractivity contribution is 5.76. The van der Waals surface area contributed by atoms with Crippen LogP contribution >= 0.6 is 0 Å². The number of hydrogen-bond donors (Lipinski definition) is 1. The van der Waals surface area contributed by atoms with Crippen LogP contribution < -0.4 is 10.5 Å². The first-order valence-electron chi connectivity index (χ1n) is 9.44. The Balaban J connectivity index is 1.77. The van der Waals surface area contributed by atoms with Gasteiger partial charge in [-0.2, -0.15) is 0 Å². The number of aryl methyl sites for hydroxylation is 1. The smallest absolute Gasteiger partial charge is 0.222 e. The van der Waals surface area contributed by atoms with Crippen molar-refractivity contribution in [3.8, 4) is 5.75 Å². The highest BCUT2D eigenvalue weighted by Gasteiger charge is 2.42. The second kappa shape index (κ2) is 7.66. The molecule has 0 atom stereocenters. The highest BCUT2D eigenvalue weighted by atomic mass is 16.5. The number of rotatable bonds is 3. The Bertz CT molecular complexity index is 681. The van der Waals surface area contributed by atoms with Gasteiger partial charge in [0.2, 0.25) is 11.8 Å². The minimum atomic E-state index is -0.420. The lowest BCUT2D eigenvalue weighted by atomic mass is 9.90. The zero-order chi connectivity index (χ0) is 18.7. The van der Waals surface area contributed by atoms with E-state index >= 15 is 0 Å². The van der Waals surface area contributed by atoms with E-state index in [4.69, 9.17) is 10.5 Å². The zero-order valence-electron chi connectivity index (χ0n) is 15.8. The molecule has 0 aliphatic carbocycles. The first-order chi connectivity index (χ1) is 12.4. The molecule has 0 bridgehead atoms. The molecule has 1 saturated heterocycles. The van der Waals surface area contributed by atoms with Gasteiger partial charge >= 0.3 is 0 Å². The monoisotopic (exact) mass is 359 g/mol. The van der Waals surface area contributed by atoms with Crippen LogP contribution in [-0.2, 0) is 16.1 Å². The number of amides is 2. The summed E-state index contributed by atoms with van der Waals surface area (Å²) in [5.41, 5.74) is 7.30. The van der Waals surface area contributed by atoms with E-state index in [2.05, 4.69) is 6.07 Å². The molecule has 142 valence electrons. The molecule has 0 saturated carbocycles. The summed E-state index contributed by atoms with van der Waals surface area (Å²) in [6, 6.07) is 6.14. The van der Waals surface area contributed by atoms with E-state index in [1.54, 1.807) is 6.92 Å². The van der Waals surface area contributed by atoms with Crippen molar-refractivity contribution in [2.24, 2.45) is 5.73 Å². The SMILES string of the molecule is CC(=O)N1Cc2cc(C)ccc2OC2(CCN(C(=O)CCCN)CC2)C1. The standard InChI is InChI=1S/C20H29N3O3/c1-15-5-6-18-17(12-15)13-23(16(2)24)14-20(26-18)7-10-22(11-8-20)19(25)4-3-9-21/h5-6,12H,3-4,7-11,13-14,21H2,1-2H3. The molecule has 2 N–H and O–H groups in total. The van der Waals surface area contributed by atoms with Crippen LogP contribution in [0.25, 0.3) is 0 Å². The van der Waals surface area contributed by atoms with E-state index in [0.29, 0.717) is 39.1 Å². The number of carbonyl (C=O) groups excluding carboxylic acids is 2. The molecule has 26 heavy (non-hydrogen) atoms. The maximum Gasteiger partial charge on any atom is 0.222 e. The van der Waals surface area contributed by atoms with Crippen molar-refractivity contribution in [1.29, 1.82) is 0 Å². The fourth-order valence-electron chi connectivity index (χ4n) is 3.86. The molecule has 2 aliphatic heterocycles. The number of piperidine rings is 1. The number of nitrogens with two attached hydrogens (primary N) is 1. The van der Waals surface area contributed by atoms with Gasteiger partial charge in [0.05, 0.1) is 6.54 Å². The van der Waals surface area contributed by atoms with E-state index in [-0.39, 0.29) is 11.8 Å². The number of likely N-dealkylation sites (tertiary alicyclic amines) is 1. The molecule has 2 heterocycles. The van der Waals surface area contributed by atoms with Crippen molar-refractivity contribution in [2.75, 3.05) is 26.2 Å². The third-order valence-electron chi connectivity index (χ3n) is 5.45. The van der Waals surface area contributed by atoms with Crippen LogP contribution in [0.5, 0.6) is 5.75 Å². The highest BCUT2D eigenvalue weighted by Crippen LogP contribution is 2.36. The van der Waals surface area contributed by atoms with Crippen molar-refractivity contribution in [1.82, 2.24) is 9.80 Å². The number of hydrogen-bond acceptors (Lipinski definition) is 4. The first kappa shape index (κ1) is 18.7. The average molecular weight is 359 g/mol. The van der Waals surface area contributed by atoms with Gasteiger partial charge in [0.15, 0.2) is 0 Å². The fraction of sp³-hybridized carbons (Fsp3) is 0.600.